The number of piperidine rings is 1. The molecule has 37 heavy (non-hydrogen) atoms. The lowest BCUT2D eigenvalue weighted by atomic mass is 9.93. The first-order valence-electron chi connectivity index (χ1n) is 12.4. The molecular formula is C28H29ClN3O5+. The van der Waals surface area contributed by atoms with Gasteiger partial charge < -0.3 is 20.0 Å². The molecule has 2 aliphatic rings. The first-order chi connectivity index (χ1) is 17.8. The summed E-state index contributed by atoms with van der Waals surface area (Å²) in [5.74, 6) is 0.211. The van der Waals surface area contributed by atoms with Crippen LogP contribution in [0.5, 0.6) is 5.75 Å². The summed E-state index contributed by atoms with van der Waals surface area (Å²) in [4.78, 5) is 27.8. The van der Waals surface area contributed by atoms with Crippen LogP contribution in [0.3, 0.4) is 0 Å². The van der Waals surface area contributed by atoms with Gasteiger partial charge in [-0.25, -0.2) is 14.1 Å². The largest absolute Gasteiger partial charge is 0.619 e. The van der Waals surface area contributed by atoms with Gasteiger partial charge >= 0.3 is 12.1 Å². The summed E-state index contributed by atoms with van der Waals surface area (Å²) >= 11 is 6.52. The Kier molecular flexibility index (Phi) is 6.79. The van der Waals surface area contributed by atoms with Crippen LogP contribution in [0.2, 0.25) is 5.02 Å². The molecule has 0 radical (unpaired) electrons. The normalized spacial score (nSPS) is 19.2. The van der Waals surface area contributed by atoms with Gasteiger partial charge in [-0.15, -0.1) is 0 Å². The zero-order chi connectivity index (χ0) is 26.2. The number of hydrogen-bond donors (Lipinski definition) is 1. The number of nitrogens with zero attached hydrogens (tertiary/aromatic N) is 3. The van der Waals surface area contributed by atoms with Gasteiger partial charge in [-0.1, -0.05) is 29.8 Å². The molecule has 2 heterocycles. The van der Waals surface area contributed by atoms with E-state index in [-0.39, 0.29) is 28.2 Å². The average molecular weight is 523 g/mol. The number of anilines is 1. The van der Waals surface area contributed by atoms with E-state index in [0.29, 0.717) is 10.6 Å². The first-order valence-corrected chi connectivity index (χ1v) is 12.8. The molecule has 0 saturated carbocycles. The monoisotopic (exact) mass is 522 g/mol. The third kappa shape index (κ3) is 4.74. The van der Waals surface area contributed by atoms with E-state index < -0.39 is 6.16 Å². The van der Waals surface area contributed by atoms with Crippen molar-refractivity contribution in [2.45, 2.75) is 37.8 Å². The Morgan fingerprint density at radius 2 is 1.78 bits per heavy atom. The molecule has 9 heteroatoms. The second-order valence-corrected chi connectivity index (χ2v) is 10.3. The number of pyridine rings is 1. The maximum atomic E-state index is 14.3. The summed E-state index contributed by atoms with van der Waals surface area (Å²) in [5, 5.41) is 21.0. The SMILES string of the molecule is C[N+](C(=O)c1ccccc1Cl)(C1CCN(c2cc[n+]([O-])cc2)CC1)[C@@H]1CCc2ccc(OC(=O)O)cc21. The van der Waals surface area contributed by atoms with E-state index in [1.54, 1.807) is 24.3 Å². The Hall–Kier alpha value is -3.62. The van der Waals surface area contributed by atoms with Gasteiger partial charge in [-0.2, -0.15) is 4.73 Å². The Labute approximate surface area is 220 Å². The van der Waals surface area contributed by atoms with E-state index >= 15 is 0 Å². The maximum absolute atomic E-state index is 14.3. The van der Waals surface area contributed by atoms with Crippen molar-refractivity contribution < 1.29 is 28.6 Å². The fourth-order valence-electron chi connectivity index (χ4n) is 6.01. The summed E-state index contributed by atoms with van der Waals surface area (Å²) in [6.07, 6.45) is 4.74. The van der Waals surface area contributed by atoms with E-state index in [1.165, 1.54) is 12.4 Å². The summed E-state index contributed by atoms with van der Waals surface area (Å²) in [7, 11) is 2.00. The Balaban J connectivity index is 1.50. The van der Waals surface area contributed by atoms with Crippen molar-refractivity contribution in [3.63, 3.8) is 0 Å². The van der Waals surface area contributed by atoms with Crippen molar-refractivity contribution in [2.75, 3.05) is 25.0 Å². The number of benzene rings is 2. The van der Waals surface area contributed by atoms with Crippen molar-refractivity contribution in [3.05, 3.63) is 93.9 Å². The van der Waals surface area contributed by atoms with Crippen LogP contribution in [0.25, 0.3) is 0 Å². The third-order valence-corrected chi connectivity index (χ3v) is 8.26. The van der Waals surface area contributed by atoms with Gasteiger partial charge in [0.05, 0.1) is 23.7 Å². The molecule has 2 atom stereocenters. The van der Waals surface area contributed by atoms with Crippen LogP contribution in [-0.2, 0) is 6.42 Å². The number of aromatic nitrogens is 1. The highest BCUT2D eigenvalue weighted by Crippen LogP contribution is 2.46. The summed E-state index contributed by atoms with van der Waals surface area (Å²) in [6.45, 7) is 1.50. The molecule has 3 aromatic rings. The van der Waals surface area contributed by atoms with E-state index in [1.807, 2.05) is 37.4 Å². The van der Waals surface area contributed by atoms with Gasteiger partial charge in [0.15, 0.2) is 12.4 Å². The number of aryl methyl sites for hydroxylation is 1. The number of amides is 1. The molecule has 1 amide bonds. The number of carbonyl (C=O) groups excluding carboxylic acids is 1. The predicted octanol–water partition coefficient (Wildman–Crippen LogP) is 4.97. The van der Waals surface area contributed by atoms with Gasteiger partial charge in [0.2, 0.25) is 0 Å². The zero-order valence-corrected chi connectivity index (χ0v) is 21.3. The van der Waals surface area contributed by atoms with Crippen molar-refractivity contribution in [1.29, 1.82) is 0 Å². The molecule has 8 nitrogen and oxygen atoms in total. The molecule has 2 aromatic carbocycles. The summed E-state index contributed by atoms with van der Waals surface area (Å²) < 4.78 is 5.87. The van der Waals surface area contributed by atoms with Gasteiger partial charge in [-0.3, -0.25) is 0 Å². The fourth-order valence-corrected chi connectivity index (χ4v) is 6.23. The van der Waals surface area contributed by atoms with Crippen LogP contribution >= 0.6 is 11.6 Å². The second kappa shape index (κ2) is 10.0. The van der Waals surface area contributed by atoms with Gasteiger partial charge in [0.1, 0.15) is 11.8 Å². The Morgan fingerprint density at radius 3 is 2.46 bits per heavy atom. The topological polar surface area (TPSA) is 93.8 Å². The minimum atomic E-state index is -1.37. The van der Waals surface area contributed by atoms with E-state index in [0.717, 1.165) is 60.3 Å². The van der Waals surface area contributed by atoms with E-state index in [9.17, 15) is 14.8 Å². The lowest BCUT2D eigenvalue weighted by molar-refractivity contribution is -0.887. The molecule has 1 aromatic heterocycles. The number of carboxylic acid groups (broad SMARTS) is 1. The predicted molar refractivity (Wildman–Crippen MR) is 139 cm³/mol. The fraction of sp³-hybridized carbons (Fsp3) is 0.321. The number of carbonyl (C=O) groups is 2. The lowest BCUT2D eigenvalue weighted by Gasteiger charge is -2.47. The molecule has 1 N–H and O–H groups in total. The van der Waals surface area contributed by atoms with Gasteiger partial charge in [0.25, 0.3) is 0 Å². The van der Waals surface area contributed by atoms with Crippen molar-refractivity contribution in [1.82, 2.24) is 0 Å². The number of ether oxygens (including phenoxy) is 1. The van der Waals surface area contributed by atoms with Crippen LogP contribution in [0.15, 0.2) is 67.0 Å². The number of hydrogen-bond acceptors (Lipinski definition) is 5. The molecule has 192 valence electrons. The van der Waals surface area contributed by atoms with Crippen LogP contribution in [-0.4, -0.2) is 47.8 Å². The first kappa shape index (κ1) is 25.0. The highest BCUT2D eigenvalue weighted by atomic mass is 35.5. The Morgan fingerprint density at radius 1 is 1.08 bits per heavy atom. The highest BCUT2D eigenvalue weighted by Gasteiger charge is 2.51. The molecule has 1 aliphatic heterocycles. The summed E-state index contributed by atoms with van der Waals surface area (Å²) in [5.41, 5.74) is 3.53. The molecule has 1 fully saturated rings. The minimum absolute atomic E-state index is 0.0215. The molecule has 1 aliphatic carbocycles. The number of fused-ring (bicyclic) bond motifs is 1. The molecule has 0 bridgehead atoms. The van der Waals surface area contributed by atoms with Crippen LogP contribution in [0.4, 0.5) is 10.5 Å². The molecule has 5 rings (SSSR count). The molecule has 1 saturated heterocycles. The lowest BCUT2D eigenvalue weighted by Crippen LogP contribution is -2.60. The quantitative estimate of drug-likeness (QED) is 0.167. The van der Waals surface area contributed by atoms with Crippen molar-refractivity contribution >= 4 is 29.4 Å². The van der Waals surface area contributed by atoms with Crippen molar-refractivity contribution in [3.8, 4) is 5.75 Å². The highest BCUT2D eigenvalue weighted by molar-refractivity contribution is 6.33. The minimum Gasteiger partial charge on any atom is -0.619 e. The van der Waals surface area contributed by atoms with Gasteiger partial charge in [-0.05, 0) is 36.2 Å². The standard InChI is InChI=1S/C28H28ClN3O5/c1-32(27(33)23-4-2-3-5-25(23)29,21-12-14-30(15-13-21)20-10-16-31(36)17-11-20)26-9-7-19-6-8-22(18-24(19)26)37-28(34)35/h2-6,8,10-11,16-18,21,26H,7,9,12-15H2,1H3/p+1/t26-,32?/m1/s1. The van der Waals surface area contributed by atoms with Crippen LogP contribution < -0.4 is 14.4 Å². The second-order valence-electron chi connectivity index (χ2n) is 9.85. The number of halogens is 1. The van der Waals surface area contributed by atoms with E-state index in [4.69, 9.17) is 21.4 Å². The van der Waals surface area contributed by atoms with Gasteiger partial charge in [0, 0.05) is 55.7 Å². The van der Waals surface area contributed by atoms with E-state index in [2.05, 4.69) is 4.90 Å². The zero-order valence-electron chi connectivity index (χ0n) is 20.5. The summed E-state index contributed by atoms with van der Waals surface area (Å²) in [6, 6.07) is 16.0. The maximum Gasteiger partial charge on any atom is 0.511 e. The smallest absolute Gasteiger partial charge is 0.511 e. The number of rotatable bonds is 5. The van der Waals surface area contributed by atoms with Crippen LogP contribution in [0.1, 0.15) is 46.8 Å². The Bertz CT molecular complexity index is 1320. The third-order valence-electron chi connectivity index (χ3n) is 7.93. The number of quaternary nitrogens is 1. The average Bonchev–Trinajstić information content (AvgIpc) is 3.32. The van der Waals surface area contributed by atoms with Crippen molar-refractivity contribution in [2.24, 2.45) is 0 Å². The molecule has 0 spiro atoms. The molecule has 1 unspecified atom stereocenters. The van der Waals surface area contributed by atoms with Crippen LogP contribution in [0, 0.1) is 5.21 Å². The molecular weight excluding hydrogens is 494 g/mol.